The molecule has 2 atom stereocenters. The summed E-state index contributed by atoms with van der Waals surface area (Å²) in [6, 6.07) is 18.1. The van der Waals surface area contributed by atoms with Crippen molar-refractivity contribution in [1.29, 1.82) is 0 Å². The number of rotatable bonds is 8. The van der Waals surface area contributed by atoms with Gasteiger partial charge in [0.2, 0.25) is 5.88 Å². The minimum atomic E-state index is -0.836. The number of carboxylic acid groups (broad SMARTS) is 1. The maximum Gasteiger partial charge on any atom is 0.412 e. The van der Waals surface area contributed by atoms with Crippen molar-refractivity contribution in [2.45, 2.75) is 31.8 Å². The first-order valence-electron chi connectivity index (χ1n) is 11.4. The average Bonchev–Trinajstić information content (AvgIpc) is 2.86. The van der Waals surface area contributed by atoms with Gasteiger partial charge in [0.1, 0.15) is 17.5 Å². The summed E-state index contributed by atoms with van der Waals surface area (Å²) in [5, 5.41) is 12.1. The Labute approximate surface area is 214 Å². The molecule has 0 aliphatic heterocycles. The van der Waals surface area contributed by atoms with Gasteiger partial charge in [0, 0.05) is 22.7 Å². The van der Waals surface area contributed by atoms with E-state index >= 15 is 0 Å². The standard InChI is InChI=1S/C28H25ClN2O5/c1-18(23-5-2-3-6-24(23)29)35-28(34)31-25-7-4-16-30-27(25)36-22-14-12-21(13-15-22)20-10-8-19(9-11-20)17-26(32)33/h2-10,12-16,18,20H,11,17H2,1H3,(H,31,34)(H,32,33). The number of pyridine rings is 1. The number of allylic oxidation sites excluding steroid dienone is 3. The number of amides is 1. The Balaban J connectivity index is 1.38. The van der Waals surface area contributed by atoms with Gasteiger partial charge >= 0.3 is 12.1 Å². The largest absolute Gasteiger partial charge is 0.481 e. The van der Waals surface area contributed by atoms with Gasteiger partial charge in [0.25, 0.3) is 0 Å². The first-order valence-corrected chi connectivity index (χ1v) is 11.8. The fraction of sp³-hybridized carbons (Fsp3) is 0.179. The lowest BCUT2D eigenvalue weighted by atomic mass is 9.89. The number of carbonyl (C=O) groups is 2. The molecule has 4 rings (SSSR count). The predicted molar refractivity (Wildman–Crippen MR) is 138 cm³/mol. The van der Waals surface area contributed by atoms with Crippen molar-refractivity contribution in [3.8, 4) is 11.6 Å². The zero-order valence-corrected chi connectivity index (χ0v) is 20.3. The molecule has 2 unspecified atom stereocenters. The van der Waals surface area contributed by atoms with Crippen LogP contribution in [0.25, 0.3) is 0 Å². The highest BCUT2D eigenvalue weighted by atomic mass is 35.5. The third-order valence-corrected chi connectivity index (χ3v) is 6.03. The molecule has 1 aliphatic rings. The van der Waals surface area contributed by atoms with Crippen molar-refractivity contribution in [2.24, 2.45) is 0 Å². The molecule has 8 heteroatoms. The number of halogens is 1. The molecular formula is C28H25ClN2O5. The molecule has 0 spiro atoms. The quantitative estimate of drug-likeness (QED) is 0.334. The molecule has 184 valence electrons. The summed E-state index contributed by atoms with van der Waals surface area (Å²) in [4.78, 5) is 27.6. The Hall–Kier alpha value is -4.10. The van der Waals surface area contributed by atoms with E-state index in [1.165, 1.54) is 0 Å². The number of benzene rings is 2. The molecule has 2 aromatic carbocycles. The number of ether oxygens (including phenoxy) is 2. The number of anilines is 1. The molecule has 1 heterocycles. The Morgan fingerprint density at radius 3 is 2.61 bits per heavy atom. The van der Waals surface area contributed by atoms with Crippen LogP contribution >= 0.6 is 11.6 Å². The van der Waals surface area contributed by atoms with Crippen LogP contribution in [0.1, 0.15) is 42.9 Å². The van der Waals surface area contributed by atoms with Gasteiger partial charge in [-0.1, -0.05) is 60.2 Å². The molecule has 0 bridgehead atoms. The normalized spacial score (nSPS) is 15.5. The molecule has 1 aliphatic carbocycles. The van der Waals surface area contributed by atoms with Crippen LogP contribution in [-0.2, 0) is 9.53 Å². The van der Waals surface area contributed by atoms with Gasteiger partial charge in [-0.3, -0.25) is 10.1 Å². The van der Waals surface area contributed by atoms with Crippen LogP contribution in [0.5, 0.6) is 11.6 Å². The van der Waals surface area contributed by atoms with Crippen LogP contribution in [0.2, 0.25) is 5.02 Å². The highest BCUT2D eigenvalue weighted by Gasteiger charge is 2.17. The Morgan fingerprint density at radius 1 is 1.14 bits per heavy atom. The van der Waals surface area contributed by atoms with E-state index in [9.17, 15) is 9.59 Å². The molecule has 7 nitrogen and oxygen atoms in total. The molecule has 0 fully saturated rings. The van der Waals surface area contributed by atoms with E-state index in [1.54, 1.807) is 37.4 Å². The number of nitrogens with zero attached hydrogens (tertiary/aromatic N) is 1. The van der Waals surface area contributed by atoms with Crippen LogP contribution < -0.4 is 10.1 Å². The summed E-state index contributed by atoms with van der Waals surface area (Å²) < 4.78 is 11.4. The van der Waals surface area contributed by atoms with E-state index in [-0.39, 0.29) is 18.2 Å². The molecule has 36 heavy (non-hydrogen) atoms. The topological polar surface area (TPSA) is 97.8 Å². The minimum Gasteiger partial charge on any atom is -0.481 e. The van der Waals surface area contributed by atoms with Crippen molar-refractivity contribution in [1.82, 2.24) is 4.98 Å². The Bertz CT molecular complexity index is 1300. The van der Waals surface area contributed by atoms with E-state index in [1.807, 2.05) is 54.6 Å². The zero-order valence-electron chi connectivity index (χ0n) is 19.6. The number of nitrogens with one attached hydrogen (secondary N) is 1. The first-order chi connectivity index (χ1) is 17.4. The van der Waals surface area contributed by atoms with Crippen LogP contribution in [-0.4, -0.2) is 22.2 Å². The Kier molecular flexibility index (Phi) is 8.02. The number of carbonyl (C=O) groups excluding carboxylic acids is 1. The fourth-order valence-corrected chi connectivity index (χ4v) is 4.14. The van der Waals surface area contributed by atoms with Gasteiger partial charge in [0.05, 0.1) is 6.42 Å². The van der Waals surface area contributed by atoms with Gasteiger partial charge in [-0.15, -0.1) is 0 Å². The Morgan fingerprint density at radius 2 is 1.92 bits per heavy atom. The summed E-state index contributed by atoms with van der Waals surface area (Å²) in [5.74, 6) is 0.114. The lowest BCUT2D eigenvalue weighted by Gasteiger charge is -2.17. The number of hydrogen-bond donors (Lipinski definition) is 2. The SMILES string of the molecule is CC(OC(=O)Nc1cccnc1Oc1ccc(C2C=CC(CC(=O)O)=CC2)cc1)c1ccccc1Cl. The number of hydrogen-bond acceptors (Lipinski definition) is 5. The molecule has 0 radical (unpaired) electrons. The van der Waals surface area contributed by atoms with Gasteiger partial charge in [-0.25, -0.2) is 9.78 Å². The summed E-state index contributed by atoms with van der Waals surface area (Å²) in [7, 11) is 0. The predicted octanol–water partition coefficient (Wildman–Crippen LogP) is 7.28. The zero-order chi connectivity index (χ0) is 25.5. The van der Waals surface area contributed by atoms with Gasteiger partial charge < -0.3 is 14.6 Å². The highest BCUT2D eigenvalue weighted by Crippen LogP contribution is 2.32. The lowest BCUT2D eigenvalue weighted by molar-refractivity contribution is -0.136. The molecular weight excluding hydrogens is 480 g/mol. The molecule has 1 amide bonds. The highest BCUT2D eigenvalue weighted by molar-refractivity contribution is 6.31. The van der Waals surface area contributed by atoms with Crippen molar-refractivity contribution in [3.05, 3.63) is 107 Å². The summed E-state index contributed by atoms with van der Waals surface area (Å²) >= 11 is 6.19. The lowest BCUT2D eigenvalue weighted by Crippen LogP contribution is -2.16. The summed E-state index contributed by atoms with van der Waals surface area (Å²) in [6.45, 7) is 1.74. The number of carboxylic acids is 1. The second-order valence-corrected chi connectivity index (χ2v) is 8.68. The third-order valence-electron chi connectivity index (χ3n) is 5.69. The second kappa shape index (κ2) is 11.6. The third kappa shape index (κ3) is 6.52. The van der Waals surface area contributed by atoms with Crippen molar-refractivity contribution >= 4 is 29.4 Å². The van der Waals surface area contributed by atoms with Crippen LogP contribution in [0.15, 0.2) is 90.7 Å². The maximum absolute atomic E-state index is 12.5. The molecule has 0 saturated carbocycles. The maximum atomic E-state index is 12.5. The van der Waals surface area contributed by atoms with Gasteiger partial charge in [0.15, 0.2) is 0 Å². The van der Waals surface area contributed by atoms with E-state index in [4.69, 9.17) is 26.2 Å². The summed E-state index contributed by atoms with van der Waals surface area (Å²) in [5.41, 5.74) is 2.97. The fourth-order valence-electron chi connectivity index (χ4n) is 3.85. The first kappa shape index (κ1) is 25.0. The number of aromatic nitrogens is 1. The van der Waals surface area contributed by atoms with Crippen LogP contribution in [0.3, 0.4) is 0 Å². The average molecular weight is 505 g/mol. The monoisotopic (exact) mass is 504 g/mol. The summed E-state index contributed by atoms with van der Waals surface area (Å²) in [6.07, 6.45) is 6.98. The smallest absolute Gasteiger partial charge is 0.412 e. The molecule has 1 aromatic heterocycles. The molecule has 0 saturated heterocycles. The van der Waals surface area contributed by atoms with Gasteiger partial charge in [-0.05, 0) is 54.8 Å². The van der Waals surface area contributed by atoms with E-state index in [2.05, 4.69) is 10.3 Å². The van der Waals surface area contributed by atoms with Gasteiger partial charge in [-0.2, -0.15) is 0 Å². The second-order valence-electron chi connectivity index (χ2n) is 8.27. The van der Waals surface area contributed by atoms with Crippen molar-refractivity contribution in [3.63, 3.8) is 0 Å². The molecule has 3 aromatic rings. The minimum absolute atomic E-state index is 0.0307. The van der Waals surface area contributed by atoms with E-state index in [0.717, 1.165) is 17.6 Å². The van der Waals surface area contributed by atoms with E-state index < -0.39 is 18.2 Å². The van der Waals surface area contributed by atoms with Crippen molar-refractivity contribution < 1.29 is 24.2 Å². The van der Waals surface area contributed by atoms with Crippen LogP contribution in [0.4, 0.5) is 10.5 Å². The number of aliphatic carboxylic acids is 1. The molecule has 2 N–H and O–H groups in total. The van der Waals surface area contributed by atoms with Crippen LogP contribution in [0, 0.1) is 0 Å². The van der Waals surface area contributed by atoms with Crippen molar-refractivity contribution in [2.75, 3.05) is 5.32 Å². The van der Waals surface area contributed by atoms with E-state index in [0.29, 0.717) is 22.0 Å².